The van der Waals surface area contributed by atoms with E-state index in [4.69, 9.17) is 9.47 Å². The Morgan fingerprint density at radius 2 is 2.08 bits per heavy atom. The van der Waals surface area contributed by atoms with Gasteiger partial charge in [-0.25, -0.2) is 4.79 Å². The molecule has 25 heavy (non-hydrogen) atoms. The van der Waals surface area contributed by atoms with Crippen molar-refractivity contribution in [2.45, 2.75) is 51.6 Å². The number of nitrogens with one attached hydrogen (secondary N) is 1. The van der Waals surface area contributed by atoms with Crippen LogP contribution in [0.2, 0.25) is 0 Å². The highest BCUT2D eigenvalue weighted by atomic mass is 16.5. The number of hydrogen-bond acceptors (Lipinski definition) is 4. The van der Waals surface area contributed by atoms with E-state index in [1.54, 1.807) is 13.2 Å². The molecule has 3 amide bonds. The van der Waals surface area contributed by atoms with Gasteiger partial charge < -0.3 is 14.8 Å². The Hall–Kier alpha value is -2.24. The highest BCUT2D eigenvalue weighted by molar-refractivity contribution is 6.07. The lowest BCUT2D eigenvalue weighted by Gasteiger charge is -2.36. The van der Waals surface area contributed by atoms with Crippen LogP contribution in [-0.4, -0.2) is 36.1 Å². The smallest absolute Gasteiger partial charge is 0.325 e. The summed E-state index contributed by atoms with van der Waals surface area (Å²) < 4.78 is 10.9. The zero-order chi connectivity index (χ0) is 18.0. The van der Waals surface area contributed by atoms with E-state index in [-0.39, 0.29) is 24.4 Å². The topological polar surface area (TPSA) is 67.9 Å². The van der Waals surface area contributed by atoms with Gasteiger partial charge >= 0.3 is 6.03 Å². The zero-order valence-corrected chi connectivity index (χ0v) is 15.1. The van der Waals surface area contributed by atoms with Crippen molar-refractivity contribution in [2.75, 3.05) is 13.7 Å². The molecule has 1 aromatic carbocycles. The van der Waals surface area contributed by atoms with Crippen molar-refractivity contribution in [1.82, 2.24) is 10.2 Å². The van der Waals surface area contributed by atoms with Crippen LogP contribution in [0.3, 0.4) is 0 Å². The number of carbonyl (C=O) groups is 2. The number of imide groups is 1. The molecule has 2 aliphatic rings. The van der Waals surface area contributed by atoms with Crippen LogP contribution in [0.25, 0.3) is 0 Å². The number of rotatable bonds is 5. The maximum Gasteiger partial charge on any atom is 0.325 e. The van der Waals surface area contributed by atoms with E-state index in [1.807, 2.05) is 19.1 Å². The summed E-state index contributed by atoms with van der Waals surface area (Å²) in [5.41, 5.74) is 0.123. The Morgan fingerprint density at radius 3 is 2.76 bits per heavy atom. The number of urea groups is 1. The average Bonchev–Trinajstić information content (AvgIpc) is 2.83. The normalized spacial score (nSPS) is 26.0. The van der Waals surface area contributed by atoms with Crippen LogP contribution < -0.4 is 14.8 Å². The van der Waals surface area contributed by atoms with Crippen LogP contribution >= 0.6 is 0 Å². The number of hydrogen-bond donors (Lipinski definition) is 1. The molecule has 1 saturated heterocycles. The first-order chi connectivity index (χ1) is 12.0. The quantitative estimate of drug-likeness (QED) is 0.832. The van der Waals surface area contributed by atoms with Crippen molar-refractivity contribution in [2.24, 2.45) is 5.92 Å². The van der Waals surface area contributed by atoms with E-state index < -0.39 is 5.54 Å². The first kappa shape index (κ1) is 17.6. The predicted molar refractivity (Wildman–Crippen MR) is 93.6 cm³/mol. The average molecular weight is 346 g/mol. The standard InChI is InChI=1S/C19H26N2O4/c1-4-25-16-11-14(8-9-15(16)24-3)12-21-17(22)19(20-18(21)23)10-6-5-7-13(19)2/h8-9,11,13H,4-7,10,12H2,1-3H3,(H,20,23)/t13-,19+/m0/s1. The van der Waals surface area contributed by atoms with Crippen molar-refractivity contribution >= 4 is 11.9 Å². The van der Waals surface area contributed by atoms with Crippen LogP contribution in [-0.2, 0) is 11.3 Å². The van der Waals surface area contributed by atoms with Crippen molar-refractivity contribution in [3.8, 4) is 11.5 Å². The maximum absolute atomic E-state index is 13.0. The van der Waals surface area contributed by atoms with Gasteiger partial charge in [0.1, 0.15) is 5.54 Å². The van der Waals surface area contributed by atoms with Crippen LogP contribution in [0.1, 0.15) is 45.1 Å². The summed E-state index contributed by atoms with van der Waals surface area (Å²) in [5.74, 6) is 1.33. The molecule has 0 bridgehead atoms. The zero-order valence-electron chi connectivity index (χ0n) is 15.1. The van der Waals surface area contributed by atoms with Crippen LogP contribution in [0.15, 0.2) is 18.2 Å². The van der Waals surface area contributed by atoms with Gasteiger partial charge in [0.25, 0.3) is 5.91 Å². The minimum Gasteiger partial charge on any atom is -0.493 e. The van der Waals surface area contributed by atoms with Crippen molar-refractivity contribution in [3.05, 3.63) is 23.8 Å². The van der Waals surface area contributed by atoms with E-state index in [1.165, 1.54) is 4.90 Å². The number of carbonyl (C=O) groups excluding carboxylic acids is 2. The third-order valence-electron chi connectivity index (χ3n) is 5.37. The lowest BCUT2D eigenvalue weighted by molar-refractivity contribution is -0.134. The monoisotopic (exact) mass is 346 g/mol. The summed E-state index contributed by atoms with van der Waals surface area (Å²) in [4.78, 5) is 26.8. The van der Waals surface area contributed by atoms with Gasteiger partial charge in [-0.05, 0) is 43.4 Å². The fraction of sp³-hybridized carbons (Fsp3) is 0.579. The van der Waals surface area contributed by atoms with E-state index in [2.05, 4.69) is 12.2 Å². The molecule has 1 heterocycles. The van der Waals surface area contributed by atoms with E-state index in [9.17, 15) is 9.59 Å². The Balaban J connectivity index is 1.82. The van der Waals surface area contributed by atoms with E-state index in [0.29, 0.717) is 18.1 Å². The summed E-state index contributed by atoms with van der Waals surface area (Å²) in [6.07, 6.45) is 3.78. The Kier molecular flexibility index (Phi) is 4.88. The first-order valence-electron chi connectivity index (χ1n) is 8.95. The molecule has 2 atom stereocenters. The molecule has 1 spiro atoms. The molecule has 0 aromatic heterocycles. The highest BCUT2D eigenvalue weighted by Gasteiger charge is 2.54. The number of benzene rings is 1. The van der Waals surface area contributed by atoms with Crippen molar-refractivity contribution in [1.29, 1.82) is 0 Å². The number of nitrogens with zero attached hydrogens (tertiary/aromatic N) is 1. The number of amides is 3. The highest BCUT2D eigenvalue weighted by Crippen LogP contribution is 2.39. The molecule has 136 valence electrons. The maximum atomic E-state index is 13.0. The van der Waals surface area contributed by atoms with Gasteiger partial charge in [0.2, 0.25) is 0 Å². The molecule has 1 N–H and O–H groups in total. The molecule has 1 aliphatic heterocycles. The Labute approximate surface area is 148 Å². The lowest BCUT2D eigenvalue weighted by Crippen LogP contribution is -2.53. The SMILES string of the molecule is CCOc1cc(CN2C(=O)N[C@@]3(CCCC[C@@H]3C)C2=O)ccc1OC. The Morgan fingerprint density at radius 1 is 1.28 bits per heavy atom. The predicted octanol–water partition coefficient (Wildman–Crippen LogP) is 3.09. The molecule has 1 aromatic rings. The minimum absolute atomic E-state index is 0.0986. The summed E-state index contributed by atoms with van der Waals surface area (Å²) in [6, 6.07) is 5.19. The third-order valence-corrected chi connectivity index (χ3v) is 5.37. The fourth-order valence-electron chi connectivity index (χ4n) is 3.91. The van der Waals surface area contributed by atoms with Gasteiger partial charge in [-0.1, -0.05) is 25.8 Å². The largest absolute Gasteiger partial charge is 0.493 e. The third kappa shape index (κ3) is 3.05. The molecule has 6 nitrogen and oxygen atoms in total. The summed E-state index contributed by atoms with van der Waals surface area (Å²) >= 11 is 0. The van der Waals surface area contributed by atoms with Gasteiger partial charge in [-0.15, -0.1) is 0 Å². The second-order valence-electron chi connectivity index (χ2n) is 6.86. The molecular weight excluding hydrogens is 320 g/mol. The second kappa shape index (κ2) is 6.94. The number of methoxy groups -OCH3 is 1. The van der Waals surface area contributed by atoms with Gasteiger partial charge in [-0.2, -0.15) is 0 Å². The molecule has 0 unspecified atom stereocenters. The van der Waals surface area contributed by atoms with Crippen LogP contribution in [0.4, 0.5) is 4.79 Å². The summed E-state index contributed by atoms with van der Waals surface area (Å²) in [6.45, 7) is 4.71. The molecular formula is C19H26N2O4. The fourth-order valence-corrected chi connectivity index (χ4v) is 3.91. The molecule has 6 heteroatoms. The second-order valence-corrected chi connectivity index (χ2v) is 6.86. The molecule has 0 radical (unpaired) electrons. The van der Waals surface area contributed by atoms with Crippen LogP contribution in [0.5, 0.6) is 11.5 Å². The van der Waals surface area contributed by atoms with Crippen molar-refractivity contribution < 1.29 is 19.1 Å². The van der Waals surface area contributed by atoms with Crippen LogP contribution in [0, 0.1) is 5.92 Å². The Bertz CT molecular complexity index is 675. The van der Waals surface area contributed by atoms with Crippen molar-refractivity contribution in [3.63, 3.8) is 0 Å². The molecule has 1 aliphatic carbocycles. The van der Waals surface area contributed by atoms with Gasteiger partial charge in [0.15, 0.2) is 11.5 Å². The van der Waals surface area contributed by atoms with Gasteiger partial charge in [0.05, 0.1) is 20.3 Å². The first-order valence-corrected chi connectivity index (χ1v) is 8.95. The summed E-state index contributed by atoms with van der Waals surface area (Å²) in [5, 5.41) is 2.98. The van der Waals surface area contributed by atoms with Gasteiger partial charge in [-0.3, -0.25) is 9.69 Å². The van der Waals surface area contributed by atoms with E-state index >= 15 is 0 Å². The minimum atomic E-state index is -0.718. The summed E-state index contributed by atoms with van der Waals surface area (Å²) in [7, 11) is 1.59. The molecule has 2 fully saturated rings. The van der Waals surface area contributed by atoms with E-state index in [0.717, 1.165) is 31.2 Å². The number of ether oxygens (including phenoxy) is 2. The van der Waals surface area contributed by atoms with Gasteiger partial charge in [0, 0.05) is 0 Å². The molecule has 3 rings (SSSR count). The molecule has 1 saturated carbocycles. The lowest BCUT2D eigenvalue weighted by atomic mass is 9.73.